The zero-order valence-electron chi connectivity index (χ0n) is 20.3. The van der Waals surface area contributed by atoms with Crippen molar-refractivity contribution in [2.75, 3.05) is 38.3 Å². The molecule has 1 unspecified atom stereocenters. The Morgan fingerprint density at radius 2 is 2.15 bits per heavy atom. The van der Waals surface area contributed by atoms with Crippen LogP contribution in [0.5, 0.6) is 0 Å². The highest BCUT2D eigenvalue weighted by molar-refractivity contribution is 5.77. The molecular weight excluding hydrogens is 426 g/mol. The number of carbonyl (C=O) groups is 1. The maximum atomic E-state index is 12.8. The van der Waals surface area contributed by atoms with Crippen molar-refractivity contribution in [2.24, 2.45) is 5.92 Å². The number of hydrogen-bond donors (Lipinski definition) is 0. The van der Waals surface area contributed by atoms with Gasteiger partial charge in [0.1, 0.15) is 11.9 Å². The van der Waals surface area contributed by atoms with E-state index in [4.69, 9.17) is 9.72 Å². The van der Waals surface area contributed by atoms with Crippen LogP contribution in [0.2, 0.25) is 0 Å². The average molecular weight is 460 g/mol. The Hall–Kier alpha value is -3.24. The van der Waals surface area contributed by atoms with Crippen LogP contribution in [0.25, 0.3) is 17.2 Å². The molecule has 1 aliphatic carbocycles. The first kappa shape index (κ1) is 23.9. The Labute approximate surface area is 202 Å². The van der Waals surface area contributed by atoms with Crippen molar-refractivity contribution in [1.82, 2.24) is 14.9 Å². The van der Waals surface area contributed by atoms with Gasteiger partial charge in [-0.15, -0.1) is 0 Å². The number of hydrogen-bond acceptors (Lipinski definition) is 6. The number of pyridine rings is 2. The maximum absolute atomic E-state index is 12.8. The van der Waals surface area contributed by atoms with Crippen LogP contribution in [0.3, 0.4) is 0 Å². The van der Waals surface area contributed by atoms with Gasteiger partial charge in [-0.3, -0.25) is 9.78 Å². The molecule has 1 saturated carbocycles. The summed E-state index contributed by atoms with van der Waals surface area (Å²) in [5.74, 6) is 1.56. The van der Waals surface area contributed by atoms with Crippen LogP contribution in [0, 0.1) is 17.2 Å². The largest absolute Gasteiger partial charge is 0.384 e. The number of anilines is 1. The second kappa shape index (κ2) is 10.4. The standard InChI is InChI=1S/C27H33N5O2/c1-5-22-14-20(8-10-29-22)23-15-21(16-28)27(30-26(23)19-6-7-19)31-11-12-32(24(17-31)18(2)3)25(33)9-13-34-4/h5,8,10,14-15,18-19,24H,1,6-7,9,11-13,17H2,2-4H3. The molecule has 3 heterocycles. The third-order valence-electron chi connectivity index (χ3n) is 6.75. The SMILES string of the molecule is C=Cc1cc(-c2cc(C#N)c(N3CCN(C(=O)CCOC)C(C(C)C)C3)nc2C2CC2)ccn1. The highest BCUT2D eigenvalue weighted by atomic mass is 16.5. The lowest BCUT2D eigenvalue weighted by atomic mass is 9.97. The molecule has 7 nitrogen and oxygen atoms in total. The Morgan fingerprint density at radius 1 is 1.35 bits per heavy atom. The quantitative estimate of drug-likeness (QED) is 0.587. The summed E-state index contributed by atoms with van der Waals surface area (Å²) in [5, 5.41) is 10.1. The maximum Gasteiger partial charge on any atom is 0.225 e. The molecule has 2 aliphatic rings. The number of rotatable bonds is 8. The molecule has 4 rings (SSSR count). The summed E-state index contributed by atoms with van der Waals surface area (Å²) in [6, 6.07) is 8.40. The molecule has 1 amide bonds. The Morgan fingerprint density at radius 3 is 2.79 bits per heavy atom. The zero-order valence-corrected chi connectivity index (χ0v) is 20.3. The third-order valence-corrected chi connectivity index (χ3v) is 6.75. The minimum Gasteiger partial charge on any atom is -0.384 e. The second-order valence-electron chi connectivity index (χ2n) is 9.44. The summed E-state index contributed by atoms with van der Waals surface area (Å²) < 4.78 is 5.11. The van der Waals surface area contributed by atoms with E-state index in [1.165, 1.54) is 0 Å². The number of aromatic nitrogens is 2. The van der Waals surface area contributed by atoms with Gasteiger partial charge in [0, 0.05) is 44.4 Å². The van der Waals surface area contributed by atoms with Crippen molar-refractivity contribution in [2.45, 2.75) is 45.1 Å². The van der Waals surface area contributed by atoms with Gasteiger partial charge in [0.15, 0.2) is 0 Å². The molecular formula is C27H33N5O2. The van der Waals surface area contributed by atoms with Crippen LogP contribution in [-0.4, -0.2) is 60.2 Å². The molecule has 2 fully saturated rings. The second-order valence-corrected chi connectivity index (χ2v) is 9.44. The third kappa shape index (κ3) is 4.97. The molecule has 0 spiro atoms. The van der Waals surface area contributed by atoms with Gasteiger partial charge in [-0.25, -0.2) is 4.98 Å². The first-order valence-corrected chi connectivity index (χ1v) is 12.0. The van der Waals surface area contributed by atoms with Gasteiger partial charge < -0.3 is 14.5 Å². The summed E-state index contributed by atoms with van der Waals surface area (Å²) in [5.41, 5.74) is 4.43. The Balaban J connectivity index is 1.68. The number of piperazine rings is 1. The number of nitriles is 1. The van der Waals surface area contributed by atoms with E-state index >= 15 is 0 Å². The molecule has 1 aliphatic heterocycles. The van der Waals surface area contributed by atoms with Crippen molar-refractivity contribution in [3.8, 4) is 17.2 Å². The highest BCUT2D eigenvalue weighted by Gasteiger charge is 2.35. The van der Waals surface area contributed by atoms with E-state index in [1.807, 2.05) is 23.1 Å². The summed E-state index contributed by atoms with van der Waals surface area (Å²) >= 11 is 0. The number of carbonyl (C=O) groups excluding carboxylic acids is 1. The molecule has 34 heavy (non-hydrogen) atoms. The highest BCUT2D eigenvalue weighted by Crippen LogP contribution is 2.45. The molecule has 0 radical (unpaired) electrons. The van der Waals surface area contributed by atoms with Crippen LogP contribution in [0.4, 0.5) is 5.82 Å². The number of nitrogens with zero attached hydrogens (tertiary/aromatic N) is 5. The summed E-state index contributed by atoms with van der Waals surface area (Å²) in [4.78, 5) is 26.4. The molecule has 1 saturated heterocycles. The molecule has 0 aromatic carbocycles. The van der Waals surface area contributed by atoms with Crippen LogP contribution in [0.15, 0.2) is 31.0 Å². The predicted octanol–water partition coefficient (Wildman–Crippen LogP) is 4.25. The molecule has 7 heteroatoms. The first-order valence-electron chi connectivity index (χ1n) is 12.0. The fourth-order valence-electron chi connectivity index (χ4n) is 4.68. The van der Waals surface area contributed by atoms with Crippen molar-refractivity contribution >= 4 is 17.8 Å². The van der Waals surface area contributed by atoms with E-state index in [1.54, 1.807) is 19.4 Å². The van der Waals surface area contributed by atoms with E-state index in [0.717, 1.165) is 41.2 Å². The predicted molar refractivity (Wildman–Crippen MR) is 133 cm³/mol. The zero-order chi connectivity index (χ0) is 24.2. The fraction of sp³-hybridized carbons (Fsp3) is 0.481. The summed E-state index contributed by atoms with van der Waals surface area (Å²) in [6.45, 7) is 10.5. The van der Waals surface area contributed by atoms with Crippen molar-refractivity contribution in [3.05, 3.63) is 47.9 Å². The Kier molecular flexibility index (Phi) is 7.28. The van der Waals surface area contributed by atoms with Crippen LogP contribution in [-0.2, 0) is 9.53 Å². The lowest BCUT2D eigenvalue weighted by molar-refractivity contribution is -0.135. The smallest absolute Gasteiger partial charge is 0.225 e. The first-order chi connectivity index (χ1) is 16.5. The van der Waals surface area contributed by atoms with Crippen molar-refractivity contribution in [3.63, 3.8) is 0 Å². The normalized spacial score (nSPS) is 18.1. The van der Waals surface area contributed by atoms with Crippen LogP contribution >= 0.6 is 0 Å². The average Bonchev–Trinajstić information content (AvgIpc) is 3.71. The van der Waals surface area contributed by atoms with Gasteiger partial charge >= 0.3 is 0 Å². The number of methoxy groups -OCH3 is 1. The number of amides is 1. The van der Waals surface area contributed by atoms with Gasteiger partial charge in [0.2, 0.25) is 5.91 Å². The monoisotopic (exact) mass is 459 g/mol. The van der Waals surface area contributed by atoms with E-state index < -0.39 is 0 Å². The summed E-state index contributed by atoms with van der Waals surface area (Å²) in [7, 11) is 1.62. The molecule has 1 atom stereocenters. The van der Waals surface area contributed by atoms with Crippen molar-refractivity contribution in [1.29, 1.82) is 5.26 Å². The summed E-state index contributed by atoms with van der Waals surface area (Å²) in [6.07, 6.45) is 6.12. The van der Waals surface area contributed by atoms with Gasteiger partial charge in [-0.05, 0) is 48.6 Å². The molecule has 0 bridgehead atoms. The lowest BCUT2D eigenvalue weighted by Gasteiger charge is -2.44. The van der Waals surface area contributed by atoms with E-state index in [9.17, 15) is 10.1 Å². The van der Waals surface area contributed by atoms with Gasteiger partial charge in [0.05, 0.1) is 36.0 Å². The molecule has 178 valence electrons. The van der Waals surface area contributed by atoms with E-state index in [-0.39, 0.29) is 17.9 Å². The van der Waals surface area contributed by atoms with Crippen LogP contribution < -0.4 is 4.90 Å². The van der Waals surface area contributed by atoms with Gasteiger partial charge in [0.25, 0.3) is 0 Å². The minimum absolute atomic E-state index is 0.0610. The number of ether oxygens (including phenoxy) is 1. The minimum atomic E-state index is 0.0610. The van der Waals surface area contributed by atoms with Crippen LogP contribution in [0.1, 0.15) is 56.0 Å². The topological polar surface area (TPSA) is 82.4 Å². The van der Waals surface area contributed by atoms with Crippen molar-refractivity contribution < 1.29 is 9.53 Å². The van der Waals surface area contributed by atoms with Gasteiger partial charge in [-0.1, -0.05) is 20.4 Å². The van der Waals surface area contributed by atoms with E-state index in [0.29, 0.717) is 44.1 Å². The van der Waals surface area contributed by atoms with Gasteiger partial charge in [-0.2, -0.15) is 5.26 Å². The van der Waals surface area contributed by atoms with E-state index in [2.05, 4.69) is 36.4 Å². The molecule has 2 aromatic heterocycles. The molecule has 2 aromatic rings. The Bertz CT molecular complexity index is 1100. The lowest BCUT2D eigenvalue weighted by Crippen LogP contribution is -2.57. The fourth-order valence-corrected chi connectivity index (χ4v) is 4.68. The molecule has 0 N–H and O–H groups in total.